The highest BCUT2D eigenvalue weighted by Crippen LogP contribution is 2.30. The van der Waals surface area contributed by atoms with E-state index < -0.39 is 0 Å². The zero-order chi connectivity index (χ0) is 18.6. The lowest BCUT2D eigenvalue weighted by Gasteiger charge is -2.15. The van der Waals surface area contributed by atoms with Gasteiger partial charge in [0, 0.05) is 5.75 Å². The number of anilines is 1. The van der Waals surface area contributed by atoms with Crippen LogP contribution in [0.25, 0.3) is 10.8 Å². The van der Waals surface area contributed by atoms with Crippen molar-refractivity contribution in [3.8, 4) is 0 Å². The minimum atomic E-state index is -0.334. The molecule has 27 heavy (non-hydrogen) atoms. The first kappa shape index (κ1) is 18.0. The van der Waals surface area contributed by atoms with Crippen LogP contribution in [0.4, 0.5) is 5.13 Å². The van der Waals surface area contributed by atoms with E-state index in [-0.39, 0.29) is 6.17 Å². The van der Waals surface area contributed by atoms with Crippen molar-refractivity contribution in [1.29, 1.82) is 0 Å². The molecule has 0 spiro atoms. The summed E-state index contributed by atoms with van der Waals surface area (Å²) >= 11 is 3.22. The van der Waals surface area contributed by atoms with E-state index in [1.165, 1.54) is 27.8 Å². The van der Waals surface area contributed by atoms with Crippen molar-refractivity contribution >= 4 is 39.0 Å². The molecule has 0 aliphatic rings. The molecule has 1 aromatic heterocycles. The normalized spacial score (nSPS) is 12.2. The topological polar surface area (TPSA) is 63.8 Å². The van der Waals surface area contributed by atoms with Gasteiger partial charge in [-0.1, -0.05) is 95.4 Å². The molecule has 1 atom stereocenters. The lowest BCUT2D eigenvalue weighted by molar-refractivity contribution is 0.834. The van der Waals surface area contributed by atoms with Crippen LogP contribution in [0.5, 0.6) is 0 Å². The molecular weight excluding hydrogens is 372 g/mol. The number of thioether (sulfide) groups is 1. The van der Waals surface area contributed by atoms with Gasteiger partial charge >= 0.3 is 0 Å². The number of fused-ring (bicyclic) bond motifs is 1. The summed E-state index contributed by atoms with van der Waals surface area (Å²) in [5.74, 6) is 0.879. The van der Waals surface area contributed by atoms with E-state index in [1.54, 1.807) is 11.8 Å². The summed E-state index contributed by atoms with van der Waals surface area (Å²) in [5, 5.41) is 14.9. The van der Waals surface area contributed by atoms with Crippen LogP contribution in [0.15, 0.2) is 71.1 Å². The molecule has 4 aromatic rings. The van der Waals surface area contributed by atoms with Crippen LogP contribution in [0.1, 0.15) is 22.9 Å². The Morgan fingerprint density at radius 2 is 1.78 bits per heavy atom. The van der Waals surface area contributed by atoms with Gasteiger partial charge in [-0.05, 0) is 28.8 Å². The molecule has 0 aliphatic carbocycles. The van der Waals surface area contributed by atoms with Crippen molar-refractivity contribution in [2.45, 2.75) is 23.2 Å². The minimum absolute atomic E-state index is 0.334. The monoisotopic (exact) mass is 392 g/mol. The van der Waals surface area contributed by atoms with E-state index in [4.69, 9.17) is 5.73 Å². The number of aryl methyl sites for hydroxylation is 1. The van der Waals surface area contributed by atoms with Gasteiger partial charge in [-0.15, -0.1) is 10.2 Å². The van der Waals surface area contributed by atoms with Crippen LogP contribution >= 0.6 is 23.1 Å². The maximum Gasteiger partial charge on any atom is 0.207 e. The molecule has 0 saturated heterocycles. The standard InChI is InChI=1S/C21H20N4S2/c1-14-9-11-15(12-10-14)13-26-21-25-24-20(27-21)23-19(22)18-8-4-6-16-5-2-3-7-17(16)18/h2-12,19H,13,22H2,1H3,(H,23,24). The minimum Gasteiger partial charge on any atom is -0.341 e. The van der Waals surface area contributed by atoms with Crippen LogP contribution in [0, 0.1) is 6.92 Å². The van der Waals surface area contributed by atoms with Gasteiger partial charge in [-0.25, -0.2) is 0 Å². The number of nitrogens with one attached hydrogen (secondary N) is 1. The number of nitrogens with two attached hydrogens (primary N) is 1. The maximum absolute atomic E-state index is 6.40. The summed E-state index contributed by atoms with van der Waals surface area (Å²) in [6.07, 6.45) is -0.334. The van der Waals surface area contributed by atoms with E-state index in [1.807, 2.05) is 24.3 Å². The predicted molar refractivity (Wildman–Crippen MR) is 115 cm³/mol. The summed E-state index contributed by atoms with van der Waals surface area (Å²) in [5.41, 5.74) is 10.0. The van der Waals surface area contributed by atoms with Crippen molar-refractivity contribution < 1.29 is 0 Å². The zero-order valence-corrected chi connectivity index (χ0v) is 16.6. The highest BCUT2D eigenvalue weighted by molar-refractivity contribution is 8.00. The zero-order valence-electron chi connectivity index (χ0n) is 14.9. The molecule has 0 radical (unpaired) electrons. The van der Waals surface area contributed by atoms with E-state index >= 15 is 0 Å². The molecule has 0 aliphatic heterocycles. The first-order valence-electron chi connectivity index (χ1n) is 8.71. The maximum atomic E-state index is 6.40. The van der Waals surface area contributed by atoms with Gasteiger partial charge in [0.2, 0.25) is 5.13 Å². The molecule has 4 rings (SSSR count). The molecule has 3 N–H and O–H groups in total. The van der Waals surface area contributed by atoms with Gasteiger partial charge in [-0.2, -0.15) is 0 Å². The van der Waals surface area contributed by atoms with Crippen molar-refractivity contribution in [1.82, 2.24) is 10.2 Å². The Hall–Kier alpha value is -2.41. The fourth-order valence-corrected chi connectivity index (χ4v) is 4.63. The Balaban J connectivity index is 1.43. The SMILES string of the molecule is Cc1ccc(CSc2nnc(NC(N)c3cccc4ccccc34)s2)cc1. The van der Waals surface area contributed by atoms with Crippen LogP contribution in [0.3, 0.4) is 0 Å². The molecule has 6 heteroatoms. The number of aromatic nitrogens is 2. The Kier molecular flexibility index (Phi) is 5.38. The quantitative estimate of drug-likeness (QED) is 0.341. The van der Waals surface area contributed by atoms with Crippen molar-refractivity contribution in [2.24, 2.45) is 5.73 Å². The molecule has 0 fully saturated rings. The van der Waals surface area contributed by atoms with Crippen molar-refractivity contribution in [3.63, 3.8) is 0 Å². The van der Waals surface area contributed by atoms with Gasteiger partial charge in [0.15, 0.2) is 4.34 Å². The largest absolute Gasteiger partial charge is 0.341 e. The average Bonchev–Trinajstić information content (AvgIpc) is 3.14. The van der Waals surface area contributed by atoms with Gasteiger partial charge in [0.05, 0.1) is 0 Å². The second kappa shape index (κ2) is 8.08. The lowest BCUT2D eigenvalue weighted by atomic mass is 10.0. The lowest BCUT2D eigenvalue weighted by Crippen LogP contribution is -2.20. The Morgan fingerprint density at radius 3 is 2.63 bits per heavy atom. The number of hydrogen-bond acceptors (Lipinski definition) is 6. The fraction of sp³-hybridized carbons (Fsp3) is 0.143. The second-order valence-electron chi connectivity index (χ2n) is 6.34. The van der Waals surface area contributed by atoms with Crippen LogP contribution in [-0.4, -0.2) is 10.2 Å². The third-order valence-corrected chi connectivity index (χ3v) is 6.39. The third-order valence-electron chi connectivity index (χ3n) is 4.33. The molecule has 0 saturated carbocycles. The second-order valence-corrected chi connectivity index (χ2v) is 8.54. The molecule has 1 unspecified atom stereocenters. The summed E-state index contributed by atoms with van der Waals surface area (Å²) in [6, 6.07) is 23.0. The molecular formula is C21H20N4S2. The van der Waals surface area contributed by atoms with Crippen LogP contribution in [0.2, 0.25) is 0 Å². The highest BCUT2D eigenvalue weighted by atomic mass is 32.2. The Bertz CT molecular complexity index is 1040. The summed E-state index contributed by atoms with van der Waals surface area (Å²) < 4.78 is 0.934. The van der Waals surface area contributed by atoms with Gasteiger partial charge in [-0.3, -0.25) is 0 Å². The third kappa shape index (κ3) is 4.30. The first-order chi connectivity index (χ1) is 13.2. The van der Waals surface area contributed by atoms with Crippen molar-refractivity contribution in [2.75, 3.05) is 5.32 Å². The van der Waals surface area contributed by atoms with Crippen LogP contribution in [-0.2, 0) is 5.75 Å². The molecule has 0 amide bonds. The fourth-order valence-electron chi connectivity index (χ4n) is 2.89. The highest BCUT2D eigenvalue weighted by Gasteiger charge is 2.12. The van der Waals surface area contributed by atoms with Crippen molar-refractivity contribution in [3.05, 3.63) is 83.4 Å². The van der Waals surface area contributed by atoms with Crippen LogP contribution < -0.4 is 11.1 Å². The number of nitrogens with zero attached hydrogens (tertiary/aromatic N) is 2. The molecule has 0 bridgehead atoms. The first-order valence-corrected chi connectivity index (χ1v) is 10.5. The predicted octanol–water partition coefficient (Wildman–Crippen LogP) is 5.36. The number of rotatable bonds is 6. The summed E-state index contributed by atoms with van der Waals surface area (Å²) in [6.45, 7) is 2.10. The summed E-state index contributed by atoms with van der Waals surface area (Å²) in [7, 11) is 0. The smallest absolute Gasteiger partial charge is 0.207 e. The van der Waals surface area contributed by atoms with E-state index in [0.29, 0.717) is 0 Å². The van der Waals surface area contributed by atoms with E-state index in [0.717, 1.165) is 26.2 Å². The molecule has 3 aromatic carbocycles. The average molecular weight is 393 g/mol. The molecule has 4 nitrogen and oxygen atoms in total. The molecule has 1 heterocycles. The Labute approximate surface area is 166 Å². The van der Waals surface area contributed by atoms with Gasteiger partial charge in [0.1, 0.15) is 6.17 Å². The summed E-state index contributed by atoms with van der Waals surface area (Å²) in [4.78, 5) is 0. The number of benzene rings is 3. The Morgan fingerprint density at radius 1 is 1.00 bits per heavy atom. The number of hydrogen-bond donors (Lipinski definition) is 2. The van der Waals surface area contributed by atoms with E-state index in [2.05, 4.69) is 64.9 Å². The van der Waals surface area contributed by atoms with Gasteiger partial charge in [0.25, 0.3) is 0 Å². The van der Waals surface area contributed by atoms with E-state index in [9.17, 15) is 0 Å². The van der Waals surface area contributed by atoms with Gasteiger partial charge < -0.3 is 11.1 Å². The molecule has 136 valence electrons.